The van der Waals surface area contributed by atoms with Crippen LogP contribution in [0.1, 0.15) is 27.8 Å². The topological polar surface area (TPSA) is 0 Å². The first-order valence-corrected chi connectivity index (χ1v) is 16.3. The summed E-state index contributed by atoms with van der Waals surface area (Å²) in [4.78, 5) is 0. The van der Waals surface area contributed by atoms with Crippen molar-refractivity contribution in [3.63, 3.8) is 0 Å². The predicted octanol–water partition coefficient (Wildman–Crippen LogP) is 12.0. The molecule has 3 aliphatic rings. The highest BCUT2D eigenvalue weighted by Crippen LogP contribution is 2.66. The van der Waals surface area contributed by atoms with E-state index in [9.17, 15) is 0 Å². The number of benzene rings is 8. The average molecular weight is 581 g/mol. The molecule has 0 unspecified atom stereocenters. The minimum atomic E-state index is -0.368. The van der Waals surface area contributed by atoms with Crippen LogP contribution < -0.4 is 0 Å². The molecule has 0 heterocycles. The highest BCUT2D eigenvalue weighted by molar-refractivity contribution is 6.23. The van der Waals surface area contributed by atoms with Gasteiger partial charge in [0.2, 0.25) is 0 Å². The van der Waals surface area contributed by atoms with Crippen LogP contribution in [-0.4, -0.2) is 0 Å². The highest BCUT2D eigenvalue weighted by atomic mass is 14.5. The zero-order chi connectivity index (χ0) is 30.1. The van der Waals surface area contributed by atoms with E-state index in [1.807, 2.05) is 0 Å². The van der Waals surface area contributed by atoms with Crippen LogP contribution in [0.5, 0.6) is 0 Å². The number of aryl methyl sites for hydroxylation is 1. The van der Waals surface area contributed by atoms with Crippen LogP contribution in [-0.2, 0) is 5.41 Å². The molecule has 0 fully saturated rings. The SMILES string of the molecule is Cc1ccc2ccccc2c1-c1cccc2c1-c1cc3c(c4cccc-2c14)-c1ccccc1C31c2ccccc2-c2ccccc21. The van der Waals surface area contributed by atoms with Crippen LogP contribution in [0.2, 0.25) is 0 Å². The van der Waals surface area contributed by atoms with Crippen molar-refractivity contribution >= 4 is 21.5 Å². The van der Waals surface area contributed by atoms with Crippen LogP contribution in [0, 0.1) is 6.92 Å². The van der Waals surface area contributed by atoms with Crippen LogP contribution in [0.15, 0.2) is 152 Å². The molecule has 0 atom stereocenters. The molecule has 46 heavy (non-hydrogen) atoms. The molecule has 1 spiro atoms. The molecule has 0 bridgehead atoms. The molecule has 8 aromatic carbocycles. The maximum absolute atomic E-state index is 2.59. The lowest BCUT2D eigenvalue weighted by atomic mass is 9.70. The Morgan fingerprint density at radius 2 is 0.913 bits per heavy atom. The lowest BCUT2D eigenvalue weighted by molar-refractivity contribution is 0.795. The lowest BCUT2D eigenvalue weighted by Gasteiger charge is -2.31. The minimum Gasteiger partial charge on any atom is -0.0619 e. The summed E-state index contributed by atoms with van der Waals surface area (Å²) in [5.41, 5.74) is 20.0. The summed E-state index contributed by atoms with van der Waals surface area (Å²) in [5.74, 6) is 0. The summed E-state index contributed by atoms with van der Waals surface area (Å²) in [5, 5.41) is 5.33. The number of hydrogen-bond donors (Lipinski definition) is 0. The van der Waals surface area contributed by atoms with E-state index in [4.69, 9.17) is 0 Å². The van der Waals surface area contributed by atoms with Gasteiger partial charge in [-0.25, -0.2) is 0 Å². The normalized spacial score (nSPS) is 13.9. The van der Waals surface area contributed by atoms with Crippen molar-refractivity contribution in [2.75, 3.05) is 0 Å². The summed E-state index contributed by atoms with van der Waals surface area (Å²) < 4.78 is 0. The zero-order valence-corrected chi connectivity index (χ0v) is 25.4. The summed E-state index contributed by atoms with van der Waals surface area (Å²) >= 11 is 0. The molecule has 0 heteroatoms. The summed E-state index contributed by atoms with van der Waals surface area (Å²) in [6, 6.07) is 57.3. The van der Waals surface area contributed by atoms with Crippen molar-refractivity contribution in [3.8, 4) is 55.6 Å². The lowest BCUT2D eigenvalue weighted by Crippen LogP contribution is -2.25. The van der Waals surface area contributed by atoms with E-state index in [1.165, 1.54) is 105 Å². The van der Waals surface area contributed by atoms with Gasteiger partial charge in [-0.3, -0.25) is 0 Å². The van der Waals surface area contributed by atoms with Gasteiger partial charge in [-0.1, -0.05) is 146 Å². The smallest absolute Gasteiger partial charge is 0.0619 e. The Labute approximate surface area is 268 Å². The maximum atomic E-state index is 2.59. The molecule has 0 aliphatic heterocycles. The van der Waals surface area contributed by atoms with E-state index in [-0.39, 0.29) is 5.41 Å². The van der Waals surface area contributed by atoms with Crippen molar-refractivity contribution in [2.24, 2.45) is 0 Å². The third kappa shape index (κ3) is 2.74. The van der Waals surface area contributed by atoms with Gasteiger partial charge in [0.25, 0.3) is 0 Å². The fourth-order valence-electron chi connectivity index (χ4n) is 9.49. The number of fused-ring (bicyclic) bond motifs is 15. The first kappa shape index (κ1) is 24.6. The van der Waals surface area contributed by atoms with Crippen molar-refractivity contribution in [1.82, 2.24) is 0 Å². The average Bonchev–Trinajstić information content (AvgIpc) is 3.71. The number of rotatable bonds is 1. The van der Waals surface area contributed by atoms with Crippen LogP contribution in [0.25, 0.3) is 77.2 Å². The molecule has 0 nitrogen and oxygen atoms in total. The van der Waals surface area contributed by atoms with E-state index < -0.39 is 0 Å². The summed E-state index contributed by atoms with van der Waals surface area (Å²) in [6.07, 6.45) is 0. The molecule has 0 saturated heterocycles. The van der Waals surface area contributed by atoms with Gasteiger partial charge in [0, 0.05) is 0 Å². The quantitative estimate of drug-likeness (QED) is 0.181. The molecular formula is C46H28. The molecule has 3 aliphatic carbocycles. The third-order valence-corrected chi connectivity index (χ3v) is 11.1. The van der Waals surface area contributed by atoms with Crippen molar-refractivity contribution in [1.29, 1.82) is 0 Å². The minimum absolute atomic E-state index is 0.368. The second-order valence-corrected chi connectivity index (χ2v) is 13.2. The fraction of sp³-hybridized carbons (Fsp3) is 0.0435. The summed E-state index contributed by atoms with van der Waals surface area (Å²) in [6.45, 7) is 2.26. The van der Waals surface area contributed by atoms with Crippen LogP contribution >= 0.6 is 0 Å². The van der Waals surface area contributed by atoms with Crippen LogP contribution in [0.3, 0.4) is 0 Å². The van der Waals surface area contributed by atoms with E-state index in [1.54, 1.807) is 0 Å². The molecule has 0 radical (unpaired) electrons. The van der Waals surface area contributed by atoms with Gasteiger partial charge in [-0.2, -0.15) is 0 Å². The molecule has 212 valence electrons. The van der Waals surface area contributed by atoms with Crippen LogP contribution in [0.4, 0.5) is 0 Å². The van der Waals surface area contributed by atoms with E-state index in [0.29, 0.717) is 0 Å². The predicted molar refractivity (Wildman–Crippen MR) is 192 cm³/mol. The van der Waals surface area contributed by atoms with Gasteiger partial charge < -0.3 is 0 Å². The fourth-order valence-corrected chi connectivity index (χ4v) is 9.49. The van der Waals surface area contributed by atoms with Gasteiger partial charge in [0.1, 0.15) is 0 Å². The third-order valence-electron chi connectivity index (χ3n) is 11.1. The molecule has 11 rings (SSSR count). The Balaban J connectivity index is 1.32. The molecular weight excluding hydrogens is 553 g/mol. The Bertz CT molecular complexity index is 2600. The maximum Gasteiger partial charge on any atom is 0.0725 e. The molecule has 0 saturated carbocycles. The van der Waals surface area contributed by atoms with Gasteiger partial charge in [0.05, 0.1) is 5.41 Å². The Morgan fingerprint density at radius 1 is 0.348 bits per heavy atom. The van der Waals surface area contributed by atoms with Gasteiger partial charge in [-0.15, -0.1) is 0 Å². The highest BCUT2D eigenvalue weighted by Gasteiger charge is 2.52. The van der Waals surface area contributed by atoms with Crippen molar-refractivity contribution in [3.05, 3.63) is 179 Å². The van der Waals surface area contributed by atoms with E-state index in [0.717, 1.165) is 0 Å². The molecule has 0 aromatic heterocycles. The second kappa shape index (κ2) is 8.50. The first-order chi connectivity index (χ1) is 22.8. The Kier molecular flexibility index (Phi) is 4.54. The zero-order valence-electron chi connectivity index (χ0n) is 25.4. The van der Waals surface area contributed by atoms with E-state index >= 15 is 0 Å². The van der Waals surface area contributed by atoms with Gasteiger partial charge in [-0.05, 0) is 118 Å². The van der Waals surface area contributed by atoms with Crippen molar-refractivity contribution < 1.29 is 0 Å². The molecule has 0 N–H and O–H groups in total. The Morgan fingerprint density at radius 3 is 1.70 bits per heavy atom. The second-order valence-electron chi connectivity index (χ2n) is 13.2. The Hall–Kier alpha value is -5.72. The van der Waals surface area contributed by atoms with Gasteiger partial charge >= 0.3 is 0 Å². The summed E-state index contributed by atoms with van der Waals surface area (Å²) in [7, 11) is 0. The molecule has 8 aromatic rings. The standard InChI is InChI=1S/C46H28/c1-27-24-25-28-12-2-3-13-29(28)42(27)35-19-10-17-32-33-18-11-20-36-44(33)37(43(32)35)26-41-45(36)34-16-6-9-23-40(34)46(41)38-21-7-4-14-30(38)31-15-5-8-22-39(31)46/h2-26H,1H3. The molecule has 0 amide bonds. The largest absolute Gasteiger partial charge is 0.0725 e. The van der Waals surface area contributed by atoms with E-state index in [2.05, 4.69) is 159 Å². The van der Waals surface area contributed by atoms with Crippen molar-refractivity contribution in [2.45, 2.75) is 12.3 Å². The number of hydrogen-bond acceptors (Lipinski definition) is 0. The monoisotopic (exact) mass is 580 g/mol. The van der Waals surface area contributed by atoms with Gasteiger partial charge in [0.15, 0.2) is 0 Å². The first-order valence-electron chi connectivity index (χ1n) is 16.3.